The van der Waals surface area contributed by atoms with Crippen LogP contribution in [0.2, 0.25) is 0 Å². The molecule has 0 radical (unpaired) electrons. The standard InChI is InChI=1S/C3H6ClNO4/c4-1-3(2-6)9-5(7)8/h3,6H,1-2H2. The molecule has 0 fully saturated rings. The molecular formula is C3H6ClNO4. The maximum absolute atomic E-state index is 9.54. The molecule has 0 aliphatic carbocycles. The molecule has 6 heteroatoms. The first kappa shape index (κ1) is 8.45. The van der Waals surface area contributed by atoms with Crippen molar-refractivity contribution >= 4 is 11.6 Å². The van der Waals surface area contributed by atoms with E-state index in [4.69, 9.17) is 16.7 Å². The molecule has 0 amide bonds. The fourth-order valence-corrected chi connectivity index (χ4v) is 0.386. The maximum atomic E-state index is 9.54. The van der Waals surface area contributed by atoms with Crippen LogP contribution in [-0.2, 0) is 4.84 Å². The molecule has 1 atom stereocenters. The minimum atomic E-state index is -0.983. The molecule has 0 spiro atoms. The fourth-order valence-electron chi connectivity index (χ4n) is 0.232. The number of hydrogen-bond acceptors (Lipinski definition) is 4. The highest BCUT2D eigenvalue weighted by Gasteiger charge is 2.08. The Morgan fingerprint density at radius 2 is 2.44 bits per heavy atom. The van der Waals surface area contributed by atoms with Gasteiger partial charge in [0.15, 0.2) is 0 Å². The Morgan fingerprint density at radius 1 is 1.89 bits per heavy atom. The van der Waals surface area contributed by atoms with Crippen LogP contribution in [0.15, 0.2) is 0 Å². The van der Waals surface area contributed by atoms with Gasteiger partial charge in [-0.1, -0.05) is 0 Å². The predicted octanol–water partition coefficient (Wildman–Crippen LogP) is -0.206. The third kappa shape index (κ3) is 3.99. The largest absolute Gasteiger partial charge is 0.394 e. The molecule has 9 heavy (non-hydrogen) atoms. The zero-order valence-corrected chi connectivity index (χ0v) is 5.24. The van der Waals surface area contributed by atoms with E-state index in [9.17, 15) is 10.1 Å². The molecule has 0 heterocycles. The van der Waals surface area contributed by atoms with Gasteiger partial charge in [0.2, 0.25) is 0 Å². The number of hydrogen-bond donors (Lipinski definition) is 1. The van der Waals surface area contributed by atoms with Crippen molar-refractivity contribution in [2.75, 3.05) is 12.5 Å². The molecular weight excluding hydrogens is 149 g/mol. The number of halogens is 1. The number of alkyl halides is 1. The first-order valence-corrected chi connectivity index (χ1v) is 2.72. The first-order chi connectivity index (χ1) is 4.20. The van der Waals surface area contributed by atoms with Crippen LogP contribution in [0.4, 0.5) is 0 Å². The SMILES string of the molecule is O=[N+]([O-])OC(CO)CCl. The zero-order chi connectivity index (χ0) is 7.28. The van der Waals surface area contributed by atoms with E-state index < -0.39 is 17.8 Å². The van der Waals surface area contributed by atoms with Gasteiger partial charge in [-0.2, -0.15) is 0 Å². The van der Waals surface area contributed by atoms with Crippen molar-refractivity contribution in [3.8, 4) is 0 Å². The molecule has 5 nitrogen and oxygen atoms in total. The molecule has 0 saturated heterocycles. The lowest BCUT2D eigenvalue weighted by molar-refractivity contribution is -0.767. The van der Waals surface area contributed by atoms with Crippen molar-refractivity contribution in [2.45, 2.75) is 6.10 Å². The van der Waals surface area contributed by atoms with E-state index in [1.54, 1.807) is 0 Å². The number of aliphatic hydroxyl groups excluding tert-OH is 1. The van der Waals surface area contributed by atoms with Crippen LogP contribution < -0.4 is 0 Å². The van der Waals surface area contributed by atoms with E-state index >= 15 is 0 Å². The van der Waals surface area contributed by atoms with Crippen molar-refractivity contribution in [2.24, 2.45) is 0 Å². The molecule has 1 N–H and O–H groups in total. The third-order valence-electron chi connectivity index (χ3n) is 0.611. The molecule has 0 aliphatic rings. The van der Waals surface area contributed by atoms with Crippen LogP contribution in [0.5, 0.6) is 0 Å². The van der Waals surface area contributed by atoms with Crippen LogP contribution in [0.25, 0.3) is 0 Å². The second kappa shape index (κ2) is 4.34. The van der Waals surface area contributed by atoms with E-state index in [0.29, 0.717) is 0 Å². The van der Waals surface area contributed by atoms with E-state index in [0.717, 1.165) is 0 Å². The minimum Gasteiger partial charge on any atom is -0.394 e. The normalized spacial score (nSPS) is 12.7. The molecule has 0 aromatic heterocycles. The lowest BCUT2D eigenvalue weighted by atomic mass is 10.4. The topological polar surface area (TPSA) is 72.6 Å². The summed E-state index contributed by atoms with van der Waals surface area (Å²) in [4.78, 5) is 13.4. The minimum absolute atomic E-state index is 0.0858. The summed E-state index contributed by atoms with van der Waals surface area (Å²) in [6.45, 7) is -0.440. The molecule has 0 aromatic carbocycles. The summed E-state index contributed by atoms with van der Waals surface area (Å²) in [5.74, 6) is -0.0858. The number of aliphatic hydroxyl groups is 1. The summed E-state index contributed by atoms with van der Waals surface area (Å²) in [6, 6.07) is 0. The van der Waals surface area contributed by atoms with Gasteiger partial charge in [-0.05, 0) is 0 Å². The van der Waals surface area contributed by atoms with Gasteiger partial charge in [0.1, 0.15) is 6.10 Å². The highest BCUT2D eigenvalue weighted by atomic mass is 35.5. The molecule has 0 rings (SSSR count). The number of rotatable bonds is 4. The Kier molecular flexibility index (Phi) is 4.08. The lowest BCUT2D eigenvalue weighted by Crippen LogP contribution is -2.22. The second-order valence-corrected chi connectivity index (χ2v) is 1.60. The van der Waals surface area contributed by atoms with Crippen molar-refractivity contribution < 1.29 is 15.0 Å². The van der Waals surface area contributed by atoms with E-state index in [1.165, 1.54) is 0 Å². The average Bonchev–Trinajstić information content (AvgIpc) is 1.82. The van der Waals surface area contributed by atoms with E-state index in [-0.39, 0.29) is 5.88 Å². The first-order valence-electron chi connectivity index (χ1n) is 2.18. The van der Waals surface area contributed by atoms with E-state index in [2.05, 4.69) is 4.84 Å². The van der Waals surface area contributed by atoms with Crippen LogP contribution >= 0.6 is 11.6 Å². The molecule has 0 bridgehead atoms. The van der Waals surface area contributed by atoms with Gasteiger partial charge in [0.25, 0.3) is 5.09 Å². The smallest absolute Gasteiger partial charge is 0.294 e. The third-order valence-corrected chi connectivity index (χ3v) is 0.955. The van der Waals surface area contributed by atoms with Crippen molar-refractivity contribution in [1.82, 2.24) is 0 Å². The van der Waals surface area contributed by atoms with Gasteiger partial charge in [0, 0.05) is 0 Å². The summed E-state index contributed by atoms with van der Waals surface area (Å²) in [7, 11) is 0. The van der Waals surface area contributed by atoms with Gasteiger partial charge in [-0.15, -0.1) is 21.7 Å². The highest BCUT2D eigenvalue weighted by Crippen LogP contribution is 1.93. The monoisotopic (exact) mass is 155 g/mol. The van der Waals surface area contributed by atoms with Crippen LogP contribution in [-0.4, -0.2) is 28.8 Å². The van der Waals surface area contributed by atoms with Crippen LogP contribution in [0.1, 0.15) is 0 Å². The Hall–Kier alpha value is -0.550. The Labute approximate surface area is 56.3 Å². The quantitative estimate of drug-likeness (QED) is 0.347. The van der Waals surface area contributed by atoms with E-state index in [1.807, 2.05) is 0 Å². The predicted molar refractivity (Wildman–Crippen MR) is 29.7 cm³/mol. The molecule has 0 aromatic rings. The van der Waals surface area contributed by atoms with Crippen LogP contribution in [0.3, 0.4) is 0 Å². The zero-order valence-electron chi connectivity index (χ0n) is 4.49. The fraction of sp³-hybridized carbons (Fsp3) is 1.00. The Bertz CT molecular complexity index is 93.8. The van der Waals surface area contributed by atoms with Gasteiger partial charge in [-0.3, -0.25) is 0 Å². The summed E-state index contributed by atoms with van der Waals surface area (Å²) in [5, 5.41) is 16.8. The second-order valence-electron chi connectivity index (χ2n) is 1.29. The van der Waals surface area contributed by atoms with Crippen molar-refractivity contribution in [3.05, 3.63) is 10.1 Å². The number of nitrogens with zero attached hydrogens (tertiary/aromatic N) is 1. The summed E-state index contributed by atoms with van der Waals surface area (Å²) in [6.07, 6.45) is -0.901. The van der Waals surface area contributed by atoms with Gasteiger partial charge in [0.05, 0.1) is 12.5 Å². The Morgan fingerprint density at radius 3 is 2.56 bits per heavy atom. The Balaban J connectivity index is 3.43. The van der Waals surface area contributed by atoms with Gasteiger partial charge < -0.3 is 9.94 Å². The highest BCUT2D eigenvalue weighted by molar-refractivity contribution is 6.18. The van der Waals surface area contributed by atoms with Crippen molar-refractivity contribution in [3.63, 3.8) is 0 Å². The summed E-state index contributed by atoms with van der Waals surface area (Å²) < 4.78 is 0. The molecule has 1 unspecified atom stereocenters. The molecule has 0 saturated carbocycles. The van der Waals surface area contributed by atoms with Crippen LogP contribution in [0, 0.1) is 10.1 Å². The van der Waals surface area contributed by atoms with Crippen molar-refractivity contribution in [1.29, 1.82) is 0 Å². The molecule has 0 aliphatic heterocycles. The average molecular weight is 156 g/mol. The summed E-state index contributed by atoms with van der Waals surface area (Å²) in [5.41, 5.74) is 0. The molecule has 54 valence electrons. The lowest BCUT2D eigenvalue weighted by Gasteiger charge is -2.05. The van der Waals surface area contributed by atoms with Gasteiger partial charge in [-0.25, -0.2) is 0 Å². The summed E-state index contributed by atoms with van der Waals surface area (Å²) >= 11 is 5.12. The van der Waals surface area contributed by atoms with Gasteiger partial charge >= 0.3 is 0 Å². The maximum Gasteiger partial charge on any atom is 0.294 e.